The number of aliphatic imine (C=N–C) groups is 1. The number of hydrogen-bond donors (Lipinski definition) is 0. The second-order valence-electron chi connectivity index (χ2n) is 7.61. The van der Waals surface area contributed by atoms with Gasteiger partial charge < -0.3 is 14.2 Å². The van der Waals surface area contributed by atoms with Crippen LogP contribution < -0.4 is 9.47 Å². The van der Waals surface area contributed by atoms with E-state index in [1.54, 1.807) is 31.2 Å². The summed E-state index contributed by atoms with van der Waals surface area (Å²) in [4.78, 5) is 37.5. The first-order valence-corrected chi connectivity index (χ1v) is 10.7. The van der Waals surface area contributed by atoms with E-state index in [4.69, 9.17) is 14.2 Å². The number of benzene rings is 3. The van der Waals surface area contributed by atoms with E-state index in [0.29, 0.717) is 11.1 Å². The zero-order valence-electron chi connectivity index (χ0n) is 19.2. The highest BCUT2D eigenvalue weighted by molar-refractivity contribution is 6.12. The van der Waals surface area contributed by atoms with E-state index in [9.17, 15) is 25.0 Å². The summed E-state index contributed by atoms with van der Waals surface area (Å²) in [7, 11) is 0. The first-order chi connectivity index (χ1) is 17.2. The third-order valence-electron chi connectivity index (χ3n) is 5.06. The fourth-order valence-corrected chi connectivity index (χ4v) is 3.32. The van der Waals surface area contributed by atoms with E-state index in [-0.39, 0.29) is 35.5 Å². The van der Waals surface area contributed by atoms with Gasteiger partial charge >= 0.3 is 11.7 Å². The van der Waals surface area contributed by atoms with Crippen LogP contribution in [0.15, 0.2) is 71.4 Å². The molecule has 0 saturated carbocycles. The molecule has 0 unspecified atom stereocenters. The van der Waals surface area contributed by atoms with Crippen molar-refractivity contribution in [2.24, 2.45) is 4.99 Å². The molecule has 36 heavy (non-hydrogen) atoms. The molecule has 11 heteroatoms. The maximum absolute atomic E-state index is 12.4. The van der Waals surface area contributed by atoms with Crippen molar-refractivity contribution >= 4 is 29.3 Å². The van der Waals surface area contributed by atoms with Crippen LogP contribution in [0.2, 0.25) is 0 Å². The average Bonchev–Trinajstić information content (AvgIpc) is 3.21. The molecule has 3 aromatic rings. The SMILES string of the molecule is CCOc1cc(/C=C2\N=C(c3ccc(C)cc3)OC2=O)ccc1Oc1ccc([N+](=O)[O-])cc1[N+](=O)[O-]. The van der Waals surface area contributed by atoms with E-state index >= 15 is 0 Å². The van der Waals surface area contributed by atoms with Gasteiger partial charge in [-0.2, -0.15) is 0 Å². The van der Waals surface area contributed by atoms with Crippen LogP contribution in [0.1, 0.15) is 23.6 Å². The second-order valence-corrected chi connectivity index (χ2v) is 7.61. The highest BCUT2D eigenvalue weighted by atomic mass is 16.6. The predicted octanol–water partition coefficient (Wildman–Crippen LogP) is 5.35. The van der Waals surface area contributed by atoms with Crippen LogP contribution in [0.3, 0.4) is 0 Å². The van der Waals surface area contributed by atoms with E-state index < -0.39 is 27.2 Å². The largest absolute Gasteiger partial charge is 0.490 e. The summed E-state index contributed by atoms with van der Waals surface area (Å²) in [5.74, 6) is -0.209. The third kappa shape index (κ3) is 5.20. The minimum atomic E-state index is -0.767. The monoisotopic (exact) mass is 489 g/mol. The smallest absolute Gasteiger partial charge is 0.363 e. The molecule has 11 nitrogen and oxygen atoms in total. The van der Waals surface area contributed by atoms with Crippen molar-refractivity contribution in [3.8, 4) is 17.2 Å². The molecule has 0 aliphatic carbocycles. The lowest BCUT2D eigenvalue weighted by Gasteiger charge is -2.12. The number of nitrogens with zero attached hydrogens (tertiary/aromatic N) is 3. The molecule has 0 bridgehead atoms. The van der Waals surface area contributed by atoms with Gasteiger partial charge in [0.25, 0.3) is 5.69 Å². The number of aryl methyl sites for hydroxylation is 1. The van der Waals surface area contributed by atoms with Crippen molar-refractivity contribution in [3.63, 3.8) is 0 Å². The van der Waals surface area contributed by atoms with Crippen LogP contribution in [0.4, 0.5) is 11.4 Å². The summed E-state index contributed by atoms with van der Waals surface area (Å²) in [5, 5.41) is 22.4. The van der Waals surface area contributed by atoms with Gasteiger partial charge in [0.1, 0.15) is 0 Å². The number of nitro benzene ring substituents is 2. The van der Waals surface area contributed by atoms with Crippen molar-refractivity contribution < 1.29 is 28.9 Å². The Bertz CT molecular complexity index is 1430. The van der Waals surface area contributed by atoms with Gasteiger partial charge in [-0.15, -0.1) is 0 Å². The maximum atomic E-state index is 12.4. The molecule has 0 amide bonds. The fourth-order valence-electron chi connectivity index (χ4n) is 3.32. The van der Waals surface area contributed by atoms with Gasteiger partial charge in [0, 0.05) is 11.6 Å². The first kappa shape index (κ1) is 24.1. The maximum Gasteiger partial charge on any atom is 0.363 e. The zero-order chi connectivity index (χ0) is 25.8. The molecule has 1 aliphatic heterocycles. The third-order valence-corrected chi connectivity index (χ3v) is 5.06. The van der Waals surface area contributed by atoms with Gasteiger partial charge in [0.15, 0.2) is 17.2 Å². The van der Waals surface area contributed by atoms with Gasteiger partial charge in [0.2, 0.25) is 11.6 Å². The lowest BCUT2D eigenvalue weighted by atomic mass is 10.1. The Morgan fingerprint density at radius 2 is 1.67 bits per heavy atom. The number of ether oxygens (including phenoxy) is 3. The van der Waals surface area contributed by atoms with Crippen molar-refractivity contribution in [3.05, 3.63) is 103 Å². The summed E-state index contributed by atoms with van der Waals surface area (Å²) in [5.41, 5.74) is 1.36. The number of rotatable bonds is 8. The van der Waals surface area contributed by atoms with Crippen LogP contribution in [0.25, 0.3) is 6.08 Å². The molecule has 1 aliphatic rings. The summed E-state index contributed by atoms with van der Waals surface area (Å²) < 4.78 is 16.6. The highest BCUT2D eigenvalue weighted by Gasteiger charge is 2.25. The van der Waals surface area contributed by atoms with E-state index in [0.717, 1.165) is 23.8 Å². The van der Waals surface area contributed by atoms with Crippen molar-refractivity contribution in [1.29, 1.82) is 0 Å². The van der Waals surface area contributed by atoms with Gasteiger partial charge in [-0.1, -0.05) is 23.8 Å². The Kier molecular flexibility index (Phi) is 6.72. The van der Waals surface area contributed by atoms with Crippen molar-refractivity contribution in [1.82, 2.24) is 0 Å². The molecular weight excluding hydrogens is 470 g/mol. The van der Waals surface area contributed by atoms with Crippen LogP contribution in [-0.4, -0.2) is 28.3 Å². The molecular formula is C25H19N3O8. The Morgan fingerprint density at radius 3 is 2.33 bits per heavy atom. The van der Waals surface area contributed by atoms with E-state index in [1.165, 1.54) is 12.1 Å². The topological polar surface area (TPSA) is 143 Å². The number of hydrogen-bond acceptors (Lipinski definition) is 9. The summed E-state index contributed by atoms with van der Waals surface area (Å²) in [6, 6.07) is 15.2. The number of cyclic esters (lactones) is 1. The van der Waals surface area contributed by atoms with Crippen molar-refractivity contribution in [2.75, 3.05) is 6.61 Å². The zero-order valence-corrected chi connectivity index (χ0v) is 19.2. The molecule has 4 rings (SSSR count). The number of carbonyl (C=O) groups excluding carboxylic acids is 1. The van der Waals surface area contributed by atoms with Crippen LogP contribution >= 0.6 is 0 Å². The van der Waals surface area contributed by atoms with Gasteiger partial charge in [-0.05, 0) is 55.8 Å². The average molecular weight is 489 g/mol. The Morgan fingerprint density at radius 1 is 0.944 bits per heavy atom. The Hall–Kier alpha value is -5.06. The van der Waals surface area contributed by atoms with Crippen molar-refractivity contribution in [2.45, 2.75) is 13.8 Å². The molecule has 0 spiro atoms. The molecule has 0 fully saturated rings. The fraction of sp³-hybridized carbons (Fsp3) is 0.120. The number of carbonyl (C=O) groups is 1. The molecule has 0 aromatic heterocycles. The molecule has 3 aromatic carbocycles. The lowest BCUT2D eigenvalue weighted by molar-refractivity contribution is -0.394. The molecule has 1 heterocycles. The van der Waals surface area contributed by atoms with Crippen LogP contribution in [-0.2, 0) is 9.53 Å². The number of non-ortho nitro benzene ring substituents is 1. The lowest BCUT2D eigenvalue weighted by Crippen LogP contribution is -2.05. The molecule has 182 valence electrons. The summed E-state index contributed by atoms with van der Waals surface area (Å²) in [6.45, 7) is 3.95. The Labute approximate surface area is 204 Å². The normalized spacial score (nSPS) is 13.8. The minimum Gasteiger partial charge on any atom is -0.490 e. The minimum absolute atomic E-state index is 0.0905. The van der Waals surface area contributed by atoms with Gasteiger partial charge in [0.05, 0.1) is 22.5 Å². The van der Waals surface area contributed by atoms with E-state index in [2.05, 4.69) is 4.99 Å². The second kappa shape index (κ2) is 10.1. The summed E-state index contributed by atoms with van der Waals surface area (Å²) >= 11 is 0. The van der Waals surface area contributed by atoms with Gasteiger partial charge in [-0.3, -0.25) is 20.2 Å². The molecule has 0 saturated heterocycles. The Balaban J connectivity index is 1.65. The molecule has 0 atom stereocenters. The predicted molar refractivity (Wildman–Crippen MR) is 129 cm³/mol. The summed E-state index contributed by atoms with van der Waals surface area (Å²) in [6.07, 6.45) is 1.52. The quantitative estimate of drug-likeness (QED) is 0.178. The van der Waals surface area contributed by atoms with Gasteiger partial charge in [-0.25, -0.2) is 9.79 Å². The van der Waals surface area contributed by atoms with E-state index in [1.807, 2.05) is 19.1 Å². The highest BCUT2D eigenvalue weighted by Crippen LogP contribution is 2.39. The van der Waals surface area contributed by atoms with Crippen LogP contribution in [0, 0.1) is 27.2 Å². The molecule has 0 N–H and O–H groups in total. The standard InChI is InChI=1S/C25H19N3O8/c1-3-34-23-13-16(12-19-25(29)36-24(26-19)17-7-4-15(2)5-8-17)6-10-22(23)35-21-11-9-18(27(30)31)14-20(21)28(32)33/h4-14H,3H2,1-2H3/b19-12-. The molecule has 0 radical (unpaired) electrons. The van der Waals surface area contributed by atoms with Crippen LogP contribution in [0.5, 0.6) is 17.2 Å². The first-order valence-electron chi connectivity index (χ1n) is 10.7. The number of esters is 1. The number of nitro groups is 2.